The summed E-state index contributed by atoms with van der Waals surface area (Å²) in [5.41, 5.74) is 1.22. The maximum absolute atomic E-state index is 13.2. The molecule has 0 heterocycles. The molecule has 5 heteroatoms. The molecular weight excluding hydrogens is 283 g/mol. The minimum atomic E-state index is -0.749. The Labute approximate surface area is 129 Å². The summed E-state index contributed by atoms with van der Waals surface area (Å²) in [7, 11) is 1.76. The van der Waals surface area contributed by atoms with E-state index in [1.54, 1.807) is 48.3 Å². The van der Waals surface area contributed by atoms with Gasteiger partial charge in [0.1, 0.15) is 5.82 Å². The van der Waals surface area contributed by atoms with Crippen LogP contribution in [0.3, 0.4) is 0 Å². The van der Waals surface area contributed by atoms with Crippen LogP contribution in [0.1, 0.15) is 10.4 Å². The fraction of sp³-hybridized carbons (Fsp3) is 0.235. The average molecular weight is 302 g/mol. The SMILES string of the molecule is CN(CC(O)CNC(=O)c1ccccc1)c1cccc(F)c1. The first-order chi connectivity index (χ1) is 10.6. The van der Waals surface area contributed by atoms with Gasteiger partial charge in [0.15, 0.2) is 0 Å². The third-order valence-corrected chi connectivity index (χ3v) is 3.27. The monoisotopic (exact) mass is 302 g/mol. The second-order valence-electron chi connectivity index (χ2n) is 5.09. The molecule has 2 rings (SSSR count). The average Bonchev–Trinajstić information content (AvgIpc) is 2.53. The zero-order valence-electron chi connectivity index (χ0n) is 12.4. The Hall–Kier alpha value is -2.40. The van der Waals surface area contributed by atoms with Crippen LogP contribution in [-0.2, 0) is 0 Å². The summed E-state index contributed by atoms with van der Waals surface area (Å²) in [6.45, 7) is 0.423. The van der Waals surface area contributed by atoms with Crippen LogP contribution >= 0.6 is 0 Å². The molecule has 0 bridgehead atoms. The van der Waals surface area contributed by atoms with E-state index >= 15 is 0 Å². The van der Waals surface area contributed by atoms with Crippen LogP contribution in [0, 0.1) is 5.82 Å². The first kappa shape index (κ1) is 16.0. The molecule has 22 heavy (non-hydrogen) atoms. The summed E-state index contributed by atoms with van der Waals surface area (Å²) < 4.78 is 13.2. The van der Waals surface area contributed by atoms with E-state index in [9.17, 15) is 14.3 Å². The predicted octanol–water partition coefficient (Wildman–Crippen LogP) is 2.05. The number of nitrogens with zero attached hydrogens (tertiary/aromatic N) is 1. The Morgan fingerprint density at radius 3 is 2.64 bits per heavy atom. The van der Waals surface area contributed by atoms with Crippen molar-refractivity contribution in [3.8, 4) is 0 Å². The Balaban J connectivity index is 1.83. The summed E-state index contributed by atoms with van der Waals surface area (Å²) in [6.07, 6.45) is -0.749. The van der Waals surface area contributed by atoms with Gasteiger partial charge in [-0.25, -0.2) is 4.39 Å². The molecule has 1 atom stereocenters. The number of halogens is 1. The van der Waals surface area contributed by atoms with Gasteiger partial charge in [-0.3, -0.25) is 4.79 Å². The second kappa shape index (κ2) is 7.56. The first-order valence-electron chi connectivity index (χ1n) is 7.04. The topological polar surface area (TPSA) is 52.6 Å². The fourth-order valence-electron chi connectivity index (χ4n) is 2.10. The normalized spacial score (nSPS) is 11.8. The van der Waals surface area contributed by atoms with Gasteiger partial charge in [-0.1, -0.05) is 24.3 Å². The molecule has 1 unspecified atom stereocenters. The lowest BCUT2D eigenvalue weighted by Gasteiger charge is -2.23. The lowest BCUT2D eigenvalue weighted by molar-refractivity contribution is 0.0919. The summed E-state index contributed by atoms with van der Waals surface area (Å²) in [5.74, 6) is -0.552. The number of benzene rings is 2. The highest BCUT2D eigenvalue weighted by molar-refractivity contribution is 5.94. The molecule has 0 aliphatic carbocycles. The maximum atomic E-state index is 13.2. The van der Waals surface area contributed by atoms with E-state index in [0.717, 1.165) is 0 Å². The lowest BCUT2D eigenvalue weighted by atomic mass is 10.2. The van der Waals surface area contributed by atoms with E-state index < -0.39 is 6.10 Å². The van der Waals surface area contributed by atoms with Crippen LogP contribution in [-0.4, -0.2) is 37.3 Å². The van der Waals surface area contributed by atoms with Crippen LogP contribution in [0.25, 0.3) is 0 Å². The van der Waals surface area contributed by atoms with Crippen LogP contribution in [0.2, 0.25) is 0 Å². The summed E-state index contributed by atoms with van der Waals surface area (Å²) >= 11 is 0. The van der Waals surface area contributed by atoms with Crippen molar-refractivity contribution in [2.75, 3.05) is 25.0 Å². The number of likely N-dealkylation sites (N-methyl/N-ethyl adjacent to an activating group) is 1. The highest BCUT2D eigenvalue weighted by atomic mass is 19.1. The van der Waals surface area contributed by atoms with Crippen LogP contribution in [0.4, 0.5) is 10.1 Å². The third-order valence-electron chi connectivity index (χ3n) is 3.27. The van der Waals surface area contributed by atoms with Crippen molar-refractivity contribution < 1.29 is 14.3 Å². The van der Waals surface area contributed by atoms with Gasteiger partial charge in [0, 0.05) is 31.4 Å². The number of aliphatic hydroxyl groups excluding tert-OH is 1. The number of aliphatic hydroxyl groups is 1. The molecule has 0 spiro atoms. The Morgan fingerprint density at radius 2 is 1.95 bits per heavy atom. The molecule has 4 nitrogen and oxygen atoms in total. The molecule has 0 fully saturated rings. The standard InChI is InChI=1S/C17H19FN2O2/c1-20(15-9-5-8-14(18)10-15)12-16(21)11-19-17(22)13-6-3-2-4-7-13/h2-10,16,21H,11-12H2,1H3,(H,19,22). The number of carbonyl (C=O) groups excluding carboxylic acids is 1. The van der Waals surface area contributed by atoms with Gasteiger partial charge in [-0.2, -0.15) is 0 Å². The van der Waals surface area contributed by atoms with Gasteiger partial charge >= 0.3 is 0 Å². The third kappa shape index (κ3) is 4.56. The number of hydrogen-bond donors (Lipinski definition) is 2. The van der Waals surface area contributed by atoms with E-state index in [1.165, 1.54) is 12.1 Å². The predicted molar refractivity (Wildman–Crippen MR) is 84.5 cm³/mol. The first-order valence-corrected chi connectivity index (χ1v) is 7.04. The smallest absolute Gasteiger partial charge is 0.251 e. The number of rotatable bonds is 6. The second-order valence-corrected chi connectivity index (χ2v) is 5.09. The van der Waals surface area contributed by atoms with Crippen molar-refractivity contribution in [1.82, 2.24) is 5.32 Å². The van der Waals surface area contributed by atoms with Crippen molar-refractivity contribution in [3.63, 3.8) is 0 Å². The molecule has 2 N–H and O–H groups in total. The molecule has 0 aliphatic heterocycles. The van der Waals surface area contributed by atoms with E-state index in [-0.39, 0.29) is 18.3 Å². The van der Waals surface area contributed by atoms with Crippen molar-refractivity contribution >= 4 is 11.6 Å². The molecule has 2 aromatic rings. The molecule has 0 aromatic heterocycles. The molecule has 2 aromatic carbocycles. The largest absolute Gasteiger partial charge is 0.389 e. The Bertz CT molecular complexity index is 619. The zero-order valence-corrected chi connectivity index (χ0v) is 12.4. The van der Waals surface area contributed by atoms with Gasteiger partial charge in [0.05, 0.1) is 6.10 Å². The van der Waals surface area contributed by atoms with Crippen molar-refractivity contribution in [1.29, 1.82) is 0 Å². The van der Waals surface area contributed by atoms with E-state index in [1.807, 2.05) is 6.07 Å². The fourth-order valence-corrected chi connectivity index (χ4v) is 2.10. The van der Waals surface area contributed by atoms with Gasteiger partial charge < -0.3 is 15.3 Å². The highest BCUT2D eigenvalue weighted by Crippen LogP contribution is 2.13. The molecule has 0 saturated heterocycles. The number of amides is 1. The van der Waals surface area contributed by atoms with Gasteiger partial charge in [0.25, 0.3) is 5.91 Å². The molecule has 0 radical (unpaired) electrons. The number of carbonyl (C=O) groups is 1. The summed E-state index contributed by atoms with van der Waals surface area (Å²) in [6, 6.07) is 15.0. The molecule has 0 aliphatic rings. The minimum absolute atomic E-state index is 0.132. The van der Waals surface area contributed by atoms with Gasteiger partial charge in [-0.05, 0) is 30.3 Å². The molecule has 0 saturated carbocycles. The number of nitrogens with one attached hydrogen (secondary N) is 1. The molecule has 1 amide bonds. The Morgan fingerprint density at radius 1 is 1.23 bits per heavy atom. The van der Waals surface area contributed by atoms with Crippen LogP contribution < -0.4 is 10.2 Å². The number of hydrogen-bond acceptors (Lipinski definition) is 3. The maximum Gasteiger partial charge on any atom is 0.251 e. The van der Waals surface area contributed by atoms with E-state index in [0.29, 0.717) is 17.8 Å². The summed E-state index contributed by atoms with van der Waals surface area (Å²) in [4.78, 5) is 13.6. The van der Waals surface area contributed by atoms with Crippen LogP contribution in [0.15, 0.2) is 54.6 Å². The van der Waals surface area contributed by atoms with Crippen molar-refractivity contribution in [2.45, 2.75) is 6.10 Å². The highest BCUT2D eigenvalue weighted by Gasteiger charge is 2.11. The van der Waals surface area contributed by atoms with Gasteiger partial charge in [0.2, 0.25) is 0 Å². The molecule has 116 valence electrons. The van der Waals surface area contributed by atoms with E-state index in [2.05, 4.69) is 5.32 Å². The number of anilines is 1. The van der Waals surface area contributed by atoms with E-state index in [4.69, 9.17) is 0 Å². The lowest BCUT2D eigenvalue weighted by Crippen LogP contribution is -2.38. The van der Waals surface area contributed by atoms with Crippen LogP contribution in [0.5, 0.6) is 0 Å². The van der Waals surface area contributed by atoms with Crippen molar-refractivity contribution in [2.24, 2.45) is 0 Å². The van der Waals surface area contributed by atoms with Crippen molar-refractivity contribution in [3.05, 3.63) is 66.0 Å². The molecular formula is C17H19FN2O2. The summed E-state index contributed by atoms with van der Waals surface area (Å²) in [5, 5.41) is 12.7. The van der Waals surface area contributed by atoms with Gasteiger partial charge in [-0.15, -0.1) is 0 Å². The quantitative estimate of drug-likeness (QED) is 0.859. The minimum Gasteiger partial charge on any atom is -0.389 e. The zero-order chi connectivity index (χ0) is 15.9. The Kier molecular flexibility index (Phi) is 5.49.